The lowest BCUT2D eigenvalue weighted by atomic mass is 10.1. The molecule has 3 nitrogen and oxygen atoms in total. The highest BCUT2D eigenvalue weighted by Crippen LogP contribution is 2.14. The van der Waals surface area contributed by atoms with Crippen LogP contribution in [-0.2, 0) is 9.84 Å². The second-order valence-corrected chi connectivity index (χ2v) is 6.88. The van der Waals surface area contributed by atoms with Gasteiger partial charge in [0, 0.05) is 17.7 Å². The van der Waals surface area contributed by atoms with Crippen molar-refractivity contribution in [3.05, 3.63) is 0 Å². The smallest absolute Gasteiger partial charge is 0.147 e. The fourth-order valence-electron chi connectivity index (χ4n) is 0.969. The van der Waals surface area contributed by atoms with Crippen LogP contribution < -0.4 is 0 Å². The van der Waals surface area contributed by atoms with Crippen molar-refractivity contribution >= 4 is 21.4 Å². The van der Waals surface area contributed by atoms with Crippen LogP contribution in [0, 0.1) is 0 Å². The minimum absolute atomic E-state index is 0.0704. The average Bonchev–Trinajstić information content (AvgIpc) is 2.02. The van der Waals surface area contributed by atoms with E-state index in [1.54, 1.807) is 0 Å². The molecule has 0 saturated heterocycles. The Balaban J connectivity index is 3.92. The topological polar surface area (TPSA) is 37.4 Å². The van der Waals surface area contributed by atoms with Gasteiger partial charge in [0.2, 0.25) is 0 Å². The summed E-state index contributed by atoms with van der Waals surface area (Å²) in [5.41, 5.74) is -0.0704. The molecule has 0 saturated carbocycles. The number of hydrogen-bond donors (Lipinski definition) is 0. The second kappa shape index (κ2) is 5.33. The van der Waals surface area contributed by atoms with Crippen molar-refractivity contribution in [2.24, 2.45) is 0 Å². The molecule has 0 aromatic carbocycles. The molecule has 86 valence electrons. The van der Waals surface area contributed by atoms with Gasteiger partial charge in [-0.2, -0.15) is 0 Å². The summed E-state index contributed by atoms with van der Waals surface area (Å²) in [5.74, 6) is 0.790. The van der Waals surface area contributed by atoms with Gasteiger partial charge in [0.1, 0.15) is 9.84 Å². The molecule has 0 aromatic rings. The molecule has 0 bridgehead atoms. The summed E-state index contributed by atoms with van der Waals surface area (Å²) in [6.07, 6.45) is 1.93. The Kier molecular flexibility index (Phi) is 5.41. The maximum atomic E-state index is 10.9. The van der Waals surface area contributed by atoms with Gasteiger partial charge < -0.3 is 4.90 Å². The van der Waals surface area contributed by atoms with E-state index in [2.05, 4.69) is 4.90 Å². The van der Waals surface area contributed by atoms with Gasteiger partial charge in [0.25, 0.3) is 0 Å². The second-order valence-electron chi connectivity index (χ2n) is 4.35. The molecule has 0 unspecified atom stereocenters. The van der Waals surface area contributed by atoms with Crippen molar-refractivity contribution in [1.82, 2.24) is 4.90 Å². The molecule has 0 aromatic heterocycles. The first-order valence-corrected chi connectivity index (χ1v) is 7.23. The Morgan fingerprint density at radius 2 is 1.86 bits per heavy atom. The normalized spacial score (nSPS) is 13.6. The van der Waals surface area contributed by atoms with Gasteiger partial charge in [0.15, 0.2) is 0 Å². The van der Waals surface area contributed by atoms with Crippen molar-refractivity contribution in [1.29, 1.82) is 0 Å². The Hall–Kier alpha value is 0.200. The van der Waals surface area contributed by atoms with Gasteiger partial charge in [-0.1, -0.05) is 0 Å². The highest BCUT2D eigenvalue weighted by molar-refractivity contribution is 7.90. The van der Waals surface area contributed by atoms with Gasteiger partial charge in [-0.15, -0.1) is 11.6 Å². The summed E-state index contributed by atoms with van der Waals surface area (Å²) in [4.78, 5) is 2.09. The van der Waals surface area contributed by atoms with Gasteiger partial charge in [-0.05, 0) is 33.9 Å². The van der Waals surface area contributed by atoms with E-state index in [1.807, 2.05) is 20.9 Å². The van der Waals surface area contributed by atoms with Crippen molar-refractivity contribution in [2.75, 3.05) is 31.5 Å². The van der Waals surface area contributed by atoms with Crippen molar-refractivity contribution in [3.8, 4) is 0 Å². The molecule has 0 N–H and O–H groups in total. The van der Waals surface area contributed by atoms with Crippen LogP contribution in [0.5, 0.6) is 0 Å². The minimum Gasteiger partial charge on any atom is -0.300 e. The van der Waals surface area contributed by atoms with E-state index >= 15 is 0 Å². The summed E-state index contributed by atoms with van der Waals surface area (Å²) < 4.78 is 21.8. The average molecular weight is 242 g/mol. The molecule has 0 aliphatic carbocycles. The quantitative estimate of drug-likeness (QED) is 0.660. The van der Waals surface area contributed by atoms with E-state index in [0.717, 1.165) is 6.54 Å². The molecule has 5 heteroatoms. The van der Waals surface area contributed by atoms with Gasteiger partial charge in [0.05, 0.1) is 5.75 Å². The highest BCUT2D eigenvalue weighted by atomic mass is 35.5. The van der Waals surface area contributed by atoms with E-state index in [-0.39, 0.29) is 11.3 Å². The van der Waals surface area contributed by atoms with Crippen LogP contribution in [0.2, 0.25) is 0 Å². The van der Waals surface area contributed by atoms with Crippen LogP contribution in [0.1, 0.15) is 20.3 Å². The Morgan fingerprint density at radius 3 is 2.21 bits per heavy atom. The molecular formula is C9H20ClNO2S. The van der Waals surface area contributed by atoms with Crippen molar-refractivity contribution in [3.63, 3.8) is 0 Å². The van der Waals surface area contributed by atoms with Crippen LogP contribution in [0.15, 0.2) is 0 Å². The molecule has 0 radical (unpaired) electrons. The molecule has 0 aliphatic heterocycles. The fraction of sp³-hybridized carbons (Fsp3) is 1.00. The van der Waals surface area contributed by atoms with E-state index in [0.29, 0.717) is 12.3 Å². The maximum Gasteiger partial charge on any atom is 0.147 e. The number of rotatable bonds is 6. The Bertz CT molecular complexity index is 262. The standard InChI is InChI=1S/C9H20ClNO2S/c1-9(2,8-10)11(3)6-5-7-14(4,12)13/h5-8H2,1-4H3. The number of hydrogen-bond acceptors (Lipinski definition) is 3. The van der Waals surface area contributed by atoms with Gasteiger partial charge in [-0.25, -0.2) is 8.42 Å². The maximum absolute atomic E-state index is 10.9. The molecular weight excluding hydrogens is 222 g/mol. The molecule has 0 aliphatic rings. The van der Waals surface area contributed by atoms with Crippen LogP contribution >= 0.6 is 11.6 Å². The predicted octanol–water partition coefficient (Wildman–Crippen LogP) is 1.37. The largest absolute Gasteiger partial charge is 0.300 e. The number of halogens is 1. The summed E-state index contributed by atoms with van der Waals surface area (Å²) in [6.45, 7) is 4.84. The number of alkyl halides is 1. The van der Waals surface area contributed by atoms with Crippen LogP contribution in [0.25, 0.3) is 0 Å². The third-order valence-electron chi connectivity index (χ3n) is 2.37. The third-order valence-corrected chi connectivity index (χ3v) is 4.05. The summed E-state index contributed by atoms with van der Waals surface area (Å²) in [6, 6.07) is 0. The Labute approximate surface area is 92.3 Å². The fourth-order valence-corrected chi connectivity index (χ4v) is 1.83. The zero-order valence-corrected chi connectivity index (χ0v) is 11.0. The number of nitrogens with zero attached hydrogens (tertiary/aromatic N) is 1. The lowest BCUT2D eigenvalue weighted by Gasteiger charge is -2.33. The predicted molar refractivity (Wildman–Crippen MR) is 61.8 cm³/mol. The van der Waals surface area contributed by atoms with E-state index < -0.39 is 9.84 Å². The van der Waals surface area contributed by atoms with Crippen molar-refractivity contribution in [2.45, 2.75) is 25.8 Å². The first kappa shape index (κ1) is 14.2. The van der Waals surface area contributed by atoms with Crippen LogP contribution in [0.3, 0.4) is 0 Å². The molecule has 0 atom stereocenters. The minimum atomic E-state index is -2.83. The molecule has 0 spiro atoms. The van der Waals surface area contributed by atoms with Crippen LogP contribution in [-0.4, -0.2) is 50.3 Å². The lowest BCUT2D eigenvalue weighted by Crippen LogP contribution is -2.43. The van der Waals surface area contributed by atoms with Gasteiger partial charge in [-0.3, -0.25) is 0 Å². The van der Waals surface area contributed by atoms with E-state index in [9.17, 15) is 8.42 Å². The van der Waals surface area contributed by atoms with Crippen molar-refractivity contribution < 1.29 is 8.42 Å². The lowest BCUT2D eigenvalue weighted by molar-refractivity contribution is 0.180. The molecule has 0 fully saturated rings. The SMILES string of the molecule is CN(CCCS(C)(=O)=O)C(C)(C)CCl. The van der Waals surface area contributed by atoms with Crippen LogP contribution in [0.4, 0.5) is 0 Å². The molecule has 14 heavy (non-hydrogen) atoms. The van der Waals surface area contributed by atoms with Gasteiger partial charge >= 0.3 is 0 Å². The monoisotopic (exact) mass is 241 g/mol. The van der Waals surface area contributed by atoms with E-state index in [4.69, 9.17) is 11.6 Å². The summed E-state index contributed by atoms with van der Waals surface area (Å²) in [5, 5.41) is 0. The Morgan fingerprint density at radius 1 is 1.36 bits per heavy atom. The zero-order chi connectivity index (χ0) is 11.4. The summed E-state index contributed by atoms with van der Waals surface area (Å²) >= 11 is 5.80. The summed E-state index contributed by atoms with van der Waals surface area (Å²) in [7, 11) is -0.869. The highest BCUT2D eigenvalue weighted by Gasteiger charge is 2.21. The number of sulfone groups is 1. The molecule has 0 rings (SSSR count). The zero-order valence-electron chi connectivity index (χ0n) is 9.38. The first-order valence-electron chi connectivity index (χ1n) is 4.64. The molecule has 0 amide bonds. The first-order chi connectivity index (χ1) is 6.19. The van der Waals surface area contributed by atoms with E-state index in [1.165, 1.54) is 6.26 Å². The third kappa shape index (κ3) is 5.83. The molecule has 0 heterocycles.